The zero-order chi connectivity index (χ0) is 15.7. The normalized spacial score (nSPS) is 23.2. The fourth-order valence-electron chi connectivity index (χ4n) is 2.23. The number of nitrogens with zero attached hydrogens (tertiary/aromatic N) is 1. The molecule has 8 heteroatoms. The number of rotatable bonds is 5. The number of hydrogen-bond donors (Lipinski definition) is 2. The molecule has 1 saturated heterocycles. The van der Waals surface area contributed by atoms with Gasteiger partial charge in [-0.05, 0) is 12.1 Å². The minimum atomic E-state index is -4.11. The van der Waals surface area contributed by atoms with Gasteiger partial charge < -0.3 is 15.7 Å². The third-order valence-corrected chi connectivity index (χ3v) is 5.84. The second kappa shape index (κ2) is 5.55. The second-order valence-electron chi connectivity index (χ2n) is 4.73. The van der Waals surface area contributed by atoms with Crippen LogP contribution in [0.5, 0.6) is 0 Å². The molecule has 1 aromatic rings. The summed E-state index contributed by atoms with van der Waals surface area (Å²) in [7, 11) is -4.11. The third-order valence-electron chi connectivity index (χ3n) is 3.55. The summed E-state index contributed by atoms with van der Waals surface area (Å²) in [6.45, 7) is -0.552. The van der Waals surface area contributed by atoms with E-state index in [4.69, 9.17) is 10.8 Å². The number of aliphatic hydroxyl groups excluding tert-OH is 1. The van der Waals surface area contributed by atoms with Crippen LogP contribution >= 0.6 is 0 Å². The van der Waals surface area contributed by atoms with Crippen LogP contribution in [0.4, 0.5) is 0 Å². The van der Waals surface area contributed by atoms with Crippen LogP contribution in [0.15, 0.2) is 35.2 Å². The minimum Gasteiger partial charge on any atom is -0.394 e. The number of hydrogen-bond acceptors (Lipinski definition) is 6. The van der Waals surface area contributed by atoms with Crippen molar-refractivity contribution in [3.8, 4) is 0 Å². The fraction of sp³-hybridized carbons (Fsp3) is 0.385. The van der Waals surface area contributed by atoms with Gasteiger partial charge in [-0.2, -0.15) is 0 Å². The van der Waals surface area contributed by atoms with Gasteiger partial charge >= 0.3 is 0 Å². The van der Waals surface area contributed by atoms with E-state index in [9.17, 15) is 18.0 Å². The topological polar surface area (TPSA) is 118 Å². The largest absolute Gasteiger partial charge is 0.394 e. The standard InChI is InChI=1S/C13H15N2O5S/c14-11(8-16)12(18)15-7-6-13(15,9-17)21(19,20)10-4-2-1-3-5-10/h1-5,11,16H,6-8,14H2/t11-,13?/m1/s1. The number of carbonyl (C=O) groups excluding carboxylic acids is 2. The molecule has 1 fully saturated rings. The quantitative estimate of drug-likeness (QED) is 0.706. The Morgan fingerprint density at radius 1 is 1.43 bits per heavy atom. The van der Waals surface area contributed by atoms with Crippen molar-refractivity contribution in [3.05, 3.63) is 30.3 Å². The highest BCUT2D eigenvalue weighted by Crippen LogP contribution is 2.38. The lowest BCUT2D eigenvalue weighted by Crippen LogP contribution is -2.69. The number of amides is 1. The van der Waals surface area contributed by atoms with Crippen LogP contribution in [-0.4, -0.2) is 54.7 Å². The first-order chi connectivity index (χ1) is 9.90. The molecule has 1 amide bonds. The van der Waals surface area contributed by atoms with E-state index >= 15 is 0 Å². The van der Waals surface area contributed by atoms with E-state index in [0.717, 1.165) is 4.90 Å². The van der Waals surface area contributed by atoms with Gasteiger partial charge in [-0.15, -0.1) is 0 Å². The molecule has 0 spiro atoms. The van der Waals surface area contributed by atoms with E-state index in [-0.39, 0.29) is 17.9 Å². The van der Waals surface area contributed by atoms with Gasteiger partial charge in [0, 0.05) is 13.0 Å². The molecule has 2 atom stereocenters. The van der Waals surface area contributed by atoms with Crippen molar-refractivity contribution in [2.75, 3.05) is 13.2 Å². The summed E-state index contributed by atoms with van der Waals surface area (Å²) >= 11 is 0. The maximum absolute atomic E-state index is 12.6. The molecular formula is C13H15N2O5S. The first-order valence-electron chi connectivity index (χ1n) is 6.27. The van der Waals surface area contributed by atoms with Crippen molar-refractivity contribution >= 4 is 22.0 Å². The number of sulfone groups is 1. The minimum absolute atomic E-state index is 0.0440. The van der Waals surface area contributed by atoms with Crippen molar-refractivity contribution < 1.29 is 23.1 Å². The molecule has 1 heterocycles. The van der Waals surface area contributed by atoms with Crippen LogP contribution in [0.3, 0.4) is 0 Å². The second-order valence-corrected chi connectivity index (χ2v) is 6.89. The molecule has 1 radical (unpaired) electrons. The number of aliphatic hydroxyl groups is 1. The molecular weight excluding hydrogens is 296 g/mol. The summed E-state index contributed by atoms with van der Waals surface area (Å²) in [5.74, 6) is -0.786. The van der Waals surface area contributed by atoms with Gasteiger partial charge in [-0.1, -0.05) is 18.2 Å². The van der Waals surface area contributed by atoms with Crippen LogP contribution < -0.4 is 5.73 Å². The van der Waals surface area contributed by atoms with Gasteiger partial charge in [0.1, 0.15) is 6.04 Å². The third kappa shape index (κ3) is 2.25. The number of likely N-dealkylation sites (tertiary alicyclic amines) is 1. The van der Waals surface area contributed by atoms with Crippen molar-refractivity contribution in [2.24, 2.45) is 5.73 Å². The highest BCUT2D eigenvalue weighted by Gasteiger charge is 2.59. The zero-order valence-corrected chi connectivity index (χ0v) is 11.9. The highest BCUT2D eigenvalue weighted by atomic mass is 32.2. The van der Waals surface area contributed by atoms with Gasteiger partial charge in [-0.3, -0.25) is 9.59 Å². The fourth-order valence-corrected chi connectivity index (χ4v) is 4.07. The number of nitrogens with two attached hydrogens (primary N) is 1. The van der Waals surface area contributed by atoms with Crippen LogP contribution in [-0.2, 0) is 19.4 Å². The SMILES string of the molecule is N[C@H](CO)C(=O)N1CCC1([C]=O)S(=O)(=O)c1ccccc1. The molecule has 1 aliphatic rings. The maximum Gasteiger partial charge on any atom is 0.243 e. The Bertz CT molecular complexity index is 646. The van der Waals surface area contributed by atoms with E-state index in [1.165, 1.54) is 30.6 Å². The van der Waals surface area contributed by atoms with Gasteiger partial charge in [0.2, 0.25) is 26.9 Å². The highest BCUT2D eigenvalue weighted by molar-refractivity contribution is 7.93. The Morgan fingerprint density at radius 3 is 2.48 bits per heavy atom. The van der Waals surface area contributed by atoms with Crippen LogP contribution in [0.25, 0.3) is 0 Å². The van der Waals surface area contributed by atoms with E-state index in [2.05, 4.69) is 0 Å². The lowest BCUT2D eigenvalue weighted by atomic mass is 10.0. The molecule has 21 heavy (non-hydrogen) atoms. The summed E-state index contributed by atoms with van der Waals surface area (Å²) in [6, 6.07) is 6.12. The van der Waals surface area contributed by atoms with E-state index < -0.39 is 33.3 Å². The Hall–Kier alpha value is -1.77. The van der Waals surface area contributed by atoms with Gasteiger partial charge in [-0.25, -0.2) is 8.42 Å². The molecule has 7 nitrogen and oxygen atoms in total. The molecule has 0 bridgehead atoms. The Labute approximate surface area is 122 Å². The summed E-state index contributed by atoms with van der Waals surface area (Å²) < 4.78 is 25.3. The smallest absolute Gasteiger partial charge is 0.243 e. The molecule has 1 aromatic carbocycles. The molecule has 0 aliphatic carbocycles. The molecule has 1 aliphatic heterocycles. The van der Waals surface area contributed by atoms with Crippen molar-refractivity contribution in [1.82, 2.24) is 4.90 Å². The van der Waals surface area contributed by atoms with E-state index in [1.54, 1.807) is 6.07 Å². The average molecular weight is 311 g/mol. The Morgan fingerprint density at radius 2 is 2.05 bits per heavy atom. The molecule has 113 valence electrons. The summed E-state index contributed by atoms with van der Waals surface area (Å²) in [4.78, 5) is 22.1. The Kier molecular flexibility index (Phi) is 4.13. The van der Waals surface area contributed by atoms with Crippen LogP contribution in [0, 0.1) is 0 Å². The van der Waals surface area contributed by atoms with E-state index in [0.29, 0.717) is 0 Å². The molecule has 1 unspecified atom stereocenters. The van der Waals surface area contributed by atoms with Gasteiger partial charge in [0.15, 0.2) is 0 Å². The summed E-state index contributed by atoms with van der Waals surface area (Å²) in [5, 5.41) is 8.92. The van der Waals surface area contributed by atoms with Gasteiger partial charge in [0.05, 0.1) is 11.5 Å². The number of carbonyl (C=O) groups is 1. The predicted octanol–water partition coefficient (Wildman–Crippen LogP) is -1.18. The predicted molar refractivity (Wildman–Crippen MR) is 73.4 cm³/mol. The first kappa shape index (κ1) is 15.6. The summed E-state index contributed by atoms with van der Waals surface area (Å²) in [5.41, 5.74) is 5.42. The molecule has 2 rings (SSSR count). The maximum atomic E-state index is 12.6. The average Bonchev–Trinajstić information content (AvgIpc) is 2.47. The molecule has 3 N–H and O–H groups in total. The van der Waals surface area contributed by atoms with Crippen molar-refractivity contribution in [2.45, 2.75) is 22.2 Å². The zero-order valence-electron chi connectivity index (χ0n) is 11.1. The summed E-state index contributed by atoms with van der Waals surface area (Å²) in [6.07, 6.45) is 1.45. The van der Waals surface area contributed by atoms with Crippen LogP contribution in [0.1, 0.15) is 6.42 Å². The van der Waals surface area contributed by atoms with Crippen LogP contribution in [0.2, 0.25) is 0 Å². The van der Waals surface area contributed by atoms with Crippen molar-refractivity contribution in [3.63, 3.8) is 0 Å². The molecule has 0 aromatic heterocycles. The lowest BCUT2D eigenvalue weighted by Gasteiger charge is -2.47. The number of benzene rings is 1. The molecule has 0 saturated carbocycles. The van der Waals surface area contributed by atoms with E-state index in [1.807, 2.05) is 0 Å². The van der Waals surface area contributed by atoms with Crippen molar-refractivity contribution in [1.29, 1.82) is 0 Å². The lowest BCUT2D eigenvalue weighted by molar-refractivity contribution is -0.140. The van der Waals surface area contributed by atoms with Gasteiger partial charge in [0.25, 0.3) is 0 Å². The Balaban J connectivity index is 2.44. The first-order valence-corrected chi connectivity index (χ1v) is 7.76. The monoisotopic (exact) mass is 311 g/mol.